The van der Waals surface area contributed by atoms with E-state index < -0.39 is 23.0 Å². The van der Waals surface area contributed by atoms with E-state index in [4.69, 9.17) is 5.73 Å². The van der Waals surface area contributed by atoms with Crippen molar-refractivity contribution in [3.8, 4) is 11.1 Å². The fourth-order valence-corrected chi connectivity index (χ4v) is 3.85. The first kappa shape index (κ1) is 20.9. The minimum atomic E-state index is -0.912. The Bertz CT molecular complexity index is 1250. The van der Waals surface area contributed by atoms with Crippen LogP contribution in [0.25, 0.3) is 22.2 Å². The van der Waals surface area contributed by atoms with Crippen LogP contribution >= 0.6 is 11.9 Å². The van der Waals surface area contributed by atoms with Gasteiger partial charge in [0.2, 0.25) is 5.78 Å². The fraction of sp³-hybridized carbons (Fsp3) is 0.130. The van der Waals surface area contributed by atoms with Crippen molar-refractivity contribution >= 4 is 40.1 Å². The molecule has 0 radical (unpaired) electrons. The highest BCUT2D eigenvalue weighted by Crippen LogP contribution is 2.30. The van der Waals surface area contributed by atoms with Gasteiger partial charge in [0.15, 0.2) is 5.82 Å². The number of H-pyrrole nitrogens is 1. The molecule has 2 aromatic heterocycles. The second-order valence-corrected chi connectivity index (χ2v) is 7.91. The highest BCUT2D eigenvalue weighted by molar-refractivity contribution is 8.00. The number of aromatic nitrogens is 2. The molecule has 0 aliphatic carbocycles. The summed E-state index contributed by atoms with van der Waals surface area (Å²) in [5, 5.41) is 0.483. The molecule has 4 rings (SSSR count). The van der Waals surface area contributed by atoms with Gasteiger partial charge in [0.25, 0.3) is 0 Å². The molecule has 0 unspecified atom stereocenters. The van der Waals surface area contributed by atoms with Gasteiger partial charge < -0.3 is 15.4 Å². The summed E-state index contributed by atoms with van der Waals surface area (Å²) in [7, 11) is 0. The van der Waals surface area contributed by atoms with Crippen LogP contribution in [0.1, 0.15) is 29.3 Å². The third-order valence-corrected chi connectivity index (χ3v) is 5.80. The molecule has 0 spiro atoms. The lowest BCUT2D eigenvalue weighted by molar-refractivity contribution is 0.103. The van der Waals surface area contributed by atoms with Gasteiger partial charge in [-0.2, -0.15) is 0 Å². The zero-order valence-electron chi connectivity index (χ0n) is 16.7. The summed E-state index contributed by atoms with van der Waals surface area (Å²) < 4.78 is 32.4. The number of carbonyl (C=O) groups excluding carboxylic acids is 1. The first-order valence-electron chi connectivity index (χ1n) is 9.73. The van der Waals surface area contributed by atoms with Crippen LogP contribution in [0, 0.1) is 11.6 Å². The van der Waals surface area contributed by atoms with E-state index in [-0.39, 0.29) is 11.3 Å². The molecule has 0 saturated carbocycles. The number of carbonyl (C=O) groups is 1. The molecule has 4 aromatic rings. The van der Waals surface area contributed by atoms with Gasteiger partial charge in [0.1, 0.15) is 11.5 Å². The standard InChI is InChI=1S/C23H20F2N4OS/c1-2-9-31-29-19-8-7-18(24)20(21(19)25)22(30)17-12-28-23-16(17)10-14(11-27-23)13-3-5-15(26)6-4-13/h3-8,10-12,29H,2,9,26H2,1H3,(H,27,28). The highest BCUT2D eigenvalue weighted by atomic mass is 32.2. The quantitative estimate of drug-likeness (QED) is 0.147. The second-order valence-electron chi connectivity index (χ2n) is 7.01. The Morgan fingerprint density at radius 3 is 2.68 bits per heavy atom. The molecule has 31 heavy (non-hydrogen) atoms. The summed E-state index contributed by atoms with van der Waals surface area (Å²) in [5.41, 5.74) is 8.07. The van der Waals surface area contributed by atoms with E-state index in [0.717, 1.165) is 29.4 Å². The van der Waals surface area contributed by atoms with Crippen LogP contribution in [-0.4, -0.2) is 21.5 Å². The molecule has 0 saturated heterocycles. The van der Waals surface area contributed by atoms with Crippen molar-refractivity contribution < 1.29 is 13.6 Å². The number of nitrogens with one attached hydrogen (secondary N) is 2. The van der Waals surface area contributed by atoms with E-state index in [1.807, 2.05) is 19.1 Å². The SMILES string of the molecule is CCCSNc1ccc(F)c(C(=O)c2c[nH]c3ncc(-c4ccc(N)cc4)cc23)c1F. The van der Waals surface area contributed by atoms with E-state index in [2.05, 4.69) is 14.7 Å². The molecular weight excluding hydrogens is 418 g/mol. The van der Waals surface area contributed by atoms with Crippen molar-refractivity contribution in [1.82, 2.24) is 9.97 Å². The van der Waals surface area contributed by atoms with Crippen molar-refractivity contribution in [3.63, 3.8) is 0 Å². The monoisotopic (exact) mass is 438 g/mol. The van der Waals surface area contributed by atoms with Crippen molar-refractivity contribution in [3.05, 3.63) is 77.6 Å². The molecule has 0 aliphatic rings. The molecule has 0 aliphatic heterocycles. The summed E-state index contributed by atoms with van der Waals surface area (Å²) in [4.78, 5) is 20.4. The maximum absolute atomic E-state index is 15.0. The number of hydrogen-bond donors (Lipinski definition) is 3. The summed E-state index contributed by atoms with van der Waals surface area (Å²) in [6, 6.07) is 11.4. The van der Waals surface area contributed by atoms with E-state index in [1.165, 1.54) is 24.2 Å². The van der Waals surface area contributed by atoms with Crippen LogP contribution in [0.4, 0.5) is 20.2 Å². The summed E-state index contributed by atoms with van der Waals surface area (Å²) in [6.07, 6.45) is 3.98. The van der Waals surface area contributed by atoms with Crippen LogP contribution < -0.4 is 10.5 Å². The lowest BCUT2D eigenvalue weighted by atomic mass is 10.00. The lowest BCUT2D eigenvalue weighted by Gasteiger charge is -2.10. The van der Waals surface area contributed by atoms with Gasteiger partial charge in [-0.25, -0.2) is 13.8 Å². The molecule has 5 nitrogen and oxygen atoms in total. The largest absolute Gasteiger partial charge is 0.399 e. The summed E-state index contributed by atoms with van der Waals surface area (Å²) in [5.74, 6) is -1.82. The molecule has 2 aromatic carbocycles. The smallest absolute Gasteiger partial charge is 0.201 e. The van der Waals surface area contributed by atoms with Crippen LogP contribution in [0.5, 0.6) is 0 Å². The number of pyridine rings is 1. The Labute approximate surface area is 182 Å². The third kappa shape index (κ3) is 4.11. The Kier molecular flexibility index (Phi) is 5.90. The van der Waals surface area contributed by atoms with Gasteiger partial charge in [0, 0.05) is 40.3 Å². The molecule has 8 heteroatoms. The Balaban J connectivity index is 1.75. The number of halogens is 2. The highest BCUT2D eigenvalue weighted by Gasteiger charge is 2.24. The first-order valence-corrected chi connectivity index (χ1v) is 10.7. The summed E-state index contributed by atoms with van der Waals surface area (Å²) >= 11 is 1.30. The number of hydrogen-bond acceptors (Lipinski definition) is 5. The number of anilines is 2. The lowest BCUT2D eigenvalue weighted by Crippen LogP contribution is -2.09. The number of fused-ring (bicyclic) bond motifs is 1. The summed E-state index contributed by atoms with van der Waals surface area (Å²) in [6.45, 7) is 1.99. The molecule has 4 N–H and O–H groups in total. The zero-order valence-corrected chi connectivity index (χ0v) is 17.5. The van der Waals surface area contributed by atoms with Crippen molar-refractivity contribution in [2.45, 2.75) is 13.3 Å². The molecule has 0 fully saturated rings. The van der Waals surface area contributed by atoms with Crippen molar-refractivity contribution in [2.24, 2.45) is 0 Å². The third-order valence-electron chi connectivity index (χ3n) is 4.83. The average Bonchev–Trinajstić information content (AvgIpc) is 3.19. The van der Waals surface area contributed by atoms with Gasteiger partial charge in [-0.1, -0.05) is 31.0 Å². The second kappa shape index (κ2) is 8.77. The normalized spacial score (nSPS) is 11.1. The van der Waals surface area contributed by atoms with E-state index in [0.29, 0.717) is 16.7 Å². The van der Waals surface area contributed by atoms with Gasteiger partial charge in [0.05, 0.1) is 11.3 Å². The Morgan fingerprint density at radius 1 is 1.16 bits per heavy atom. The van der Waals surface area contributed by atoms with Crippen molar-refractivity contribution in [1.29, 1.82) is 0 Å². The average molecular weight is 439 g/mol. The molecule has 0 atom stereocenters. The molecular formula is C23H20F2N4OS. The van der Waals surface area contributed by atoms with Gasteiger partial charge >= 0.3 is 0 Å². The zero-order chi connectivity index (χ0) is 22.0. The number of nitrogens with two attached hydrogens (primary N) is 1. The molecule has 158 valence electrons. The van der Waals surface area contributed by atoms with Gasteiger partial charge in [-0.3, -0.25) is 4.79 Å². The number of ketones is 1. The van der Waals surface area contributed by atoms with Crippen LogP contribution in [0.2, 0.25) is 0 Å². The first-order chi connectivity index (χ1) is 15.0. The predicted octanol–water partition coefficient (Wildman–Crippen LogP) is 5.79. The maximum Gasteiger partial charge on any atom is 0.201 e. The number of benzene rings is 2. The minimum absolute atomic E-state index is 0.0729. The maximum atomic E-state index is 15.0. The van der Waals surface area contributed by atoms with Crippen LogP contribution in [-0.2, 0) is 0 Å². The number of rotatable bonds is 7. The van der Waals surface area contributed by atoms with E-state index in [9.17, 15) is 9.18 Å². The molecule has 0 amide bonds. The van der Waals surface area contributed by atoms with E-state index >= 15 is 4.39 Å². The molecule has 0 bridgehead atoms. The Hall–Kier alpha value is -3.39. The number of nitrogens with zero attached hydrogens (tertiary/aromatic N) is 1. The topological polar surface area (TPSA) is 83.8 Å². The fourth-order valence-electron chi connectivity index (χ4n) is 3.23. The van der Waals surface area contributed by atoms with Crippen LogP contribution in [0.15, 0.2) is 54.9 Å². The number of aromatic amines is 1. The number of nitrogen functional groups attached to an aromatic ring is 1. The molecule has 2 heterocycles. The van der Waals surface area contributed by atoms with Crippen LogP contribution in [0.3, 0.4) is 0 Å². The van der Waals surface area contributed by atoms with Gasteiger partial charge in [-0.05, 0) is 42.3 Å². The minimum Gasteiger partial charge on any atom is -0.399 e. The van der Waals surface area contributed by atoms with Crippen molar-refractivity contribution in [2.75, 3.05) is 16.2 Å². The van der Waals surface area contributed by atoms with Gasteiger partial charge in [-0.15, -0.1) is 0 Å². The predicted molar refractivity (Wildman–Crippen MR) is 122 cm³/mol. The Morgan fingerprint density at radius 2 is 1.94 bits per heavy atom. The van der Waals surface area contributed by atoms with E-state index in [1.54, 1.807) is 24.4 Å².